The Hall–Kier alpha value is -0.0800. The Kier molecular flexibility index (Phi) is 4.66. The van der Waals surface area contributed by atoms with Gasteiger partial charge < -0.3 is 10.2 Å². The van der Waals surface area contributed by atoms with Gasteiger partial charge >= 0.3 is 0 Å². The summed E-state index contributed by atoms with van der Waals surface area (Å²) in [7, 11) is 0. The summed E-state index contributed by atoms with van der Waals surface area (Å²) < 4.78 is 0. The normalized spacial score (nSPS) is 30.2. The molecule has 16 heavy (non-hydrogen) atoms. The largest absolute Gasteiger partial charge is 0.313 e. The highest BCUT2D eigenvalue weighted by Crippen LogP contribution is 2.37. The van der Waals surface area contributed by atoms with Crippen LogP contribution in [0.3, 0.4) is 0 Å². The standard InChI is InChI=1S/C14H28N2/c1-3-14(4-2)15-8-9-16-10-12-6-5-7-13(12)11-16/h12-15H,3-11H2,1-2H3. The van der Waals surface area contributed by atoms with Crippen molar-refractivity contribution in [1.82, 2.24) is 10.2 Å². The SMILES string of the molecule is CCC(CC)NCCN1CC2CCCC2C1. The van der Waals surface area contributed by atoms with Crippen molar-refractivity contribution in [3.8, 4) is 0 Å². The first-order valence-electron chi connectivity index (χ1n) is 7.29. The number of nitrogens with one attached hydrogen (secondary N) is 1. The molecule has 2 unspecified atom stereocenters. The van der Waals surface area contributed by atoms with Crippen LogP contribution >= 0.6 is 0 Å². The van der Waals surface area contributed by atoms with Crippen LogP contribution in [0.15, 0.2) is 0 Å². The third-order valence-corrected chi connectivity index (χ3v) is 4.65. The number of rotatable bonds is 6. The number of fused-ring (bicyclic) bond motifs is 1. The molecular formula is C14H28N2. The minimum atomic E-state index is 0.738. The Bertz CT molecular complexity index is 189. The van der Waals surface area contributed by atoms with Gasteiger partial charge in [0.05, 0.1) is 0 Å². The summed E-state index contributed by atoms with van der Waals surface area (Å²) in [5.74, 6) is 2.10. The van der Waals surface area contributed by atoms with Crippen molar-refractivity contribution >= 4 is 0 Å². The molecule has 1 aliphatic heterocycles. The van der Waals surface area contributed by atoms with E-state index in [4.69, 9.17) is 0 Å². The molecule has 1 aliphatic carbocycles. The van der Waals surface area contributed by atoms with Gasteiger partial charge in [0.15, 0.2) is 0 Å². The van der Waals surface area contributed by atoms with Crippen molar-refractivity contribution in [3.63, 3.8) is 0 Å². The molecule has 2 aliphatic rings. The van der Waals surface area contributed by atoms with Crippen molar-refractivity contribution in [2.45, 2.75) is 52.0 Å². The zero-order valence-electron chi connectivity index (χ0n) is 11.0. The molecule has 94 valence electrons. The van der Waals surface area contributed by atoms with E-state index in [1.807, 2.05) is 0 Å². The predicted octanol–water partition coefficient (Wildman–Crippen LogP) is 2.50. The quantitative estimate of drug-likeness (QED) is 0.746. The van der Waals surface area contributed by atoms with E-state index in [0.717, 1.165) is 17.9 Å². The summed E-state index contributed by atoms with van der Waals surface area (Å²) in [5, 5.41) is 3.67. The van der Waals surface area contributed by atoms with Crippen LogP contribution in [0.5, 0.6) is 0 Å². The Morgan fingerprint density at radius 2 is 1.75 bits per heavy atom. The molecule has 2 nitrogen and oxygen atoms in total. The van der Waals surface area contributed by atoms with Crippen molar-refractivity contribution < 1.29 is 0 Å². The average molecular weight is 224 g/mol. The van der Waals surface area contributed by atoms with Crippen LogP contribution in [0.25, 0.3) is 0 Å². The fourth-order valence-corrected chi connectivity index (χ4v) is 3.52. The van der Waals surface area contributed by atoms with Gasteiger partial charge in [-0.2, -0.15) is 0 Å². The highest BCUT2D eigenvalue weighted by molar-refractivity contribution is 4.88. The Balaban J connectivity index is 1.61. The molecule has 2 heteroatoms. The van der Waals surface area contributed by atoms with Gasteiger partial charge in [0.2, 0.25) is 0 Å². The summed E-state index contributed by atoms with van der Waals surface area (Å²) in [4.78, 5) is 2.68. The predicted molar refractivity (Wildman–Crippen MR) is 69.6 cm³/mol. The smallest absolute Gasteiger partial charge is 0.0107 e. The van der Waals surface area contributed by atoms with E-state index in [9.17, 15) is 0 Å². The number of hydrogen-bond acceptors (Lipinski definition) is 2. The summed E-state index contributed by atoms with van der Waals surface area (Å²) >= 11 is 0. The number of likely N-dealkylation sites (tertiary alicyclic amines) is 1. The fourth-order valence-electron chi connectivity index (χ4n) is 3.52. The molecule has 0 radical (unpaired) electrons. The molecule has 0 aromatic heterocycles. The highest BCUT2D eigenvalue weighted by atomic mass is 15.2. The van der Waals surface area contributed by atoms with E-state index >= 15 is 0 Å². The highest BCUT2D eigenvalue weighted by Gasteiger charge is 2.35. The van der Waals surface area contributed by atoms with Gasteiger partial charge in [-0.25, -0.2) is 0 Å². The first kappa shape index (κ1) is 12.4. The molecule has 2 atom stereocenters. The fraction of sp³-hybridized carbons (Fsp3) is 1.00. The van der Waals surface area contributed by atoms with Crippen LogP contribution in [0.1, 0.15) is 46.0 Å². The van der Waals surface area contributed by atoms with Crippen molar-refractivity contribution in [3.05, 3.63) is 0 Å². The minimum Gasteiger partial charge on any atom is -0.313 e. The minimum absolute atomic E-state index is 0.738. The first-order valence-corrected chi connectivity index (χ1v) is 7.29. The van der Waals surface area contributed by atoms with Gasteiger partial charge in [0.1, 0.15) is 0 Å². The summed E-state index contributed by atoms with van der Waals surface area (Å²) in [6, 6.07) is 0.738. The second-order valence-electron chi connectivity index (χ2n) is 5.68. The monoisotopic (exact) mass is 224 g/mol. The van der Waals surface area contributed by atoms with Crippen LogP contribution in [0.2, 0.25) is 0 Å². The molecule has 1 N–H and O–H groups in total. The van der Waals surface area contributed by atoms with Crippen LogP contribution in [0.4, 0.5) is 0 Å². The molecule has 1 heterocycles. The second kappa shape index (κ2) is 6.02. The van der Waals surface area contributed by atoms with E-state index in [-0.39, 0.29) is 0 Å². The van der Waals surface area contributed by atoms with Gasteiger partial charge in [-0.05, 0) is 37.5 Å². The average Bonchev–Trinajstić information content (AvgIpc) is 2.84. The third kappa shape index (κ3) is 2.98. The van der Waals surface area contributed by atoms with E-state index in [1.165, 1.54) is 58.3 Å². The molecular weight excluding hydrogens is 196 g/mol. The maximum Gasteiger partial charge on any atom is 0.0107 e. The lowest BCUT2D eigenvalue weighted by molar-refractivity contribution is 0.301. The Morgan fingerprint density at radius 1 is 1.12 bits per heavy atom. The molecule has 1 saturated carbocycles. The molecule has 2 fully saturated rings. The third-order valence-electron chi connectivity index (χ3n) is 4.65. The molecule has 0 aromatic rings. The zero-order valence-corrected chi connectivity index (χ0v) is 11.0. The second-order valence-corrected chi connectivity index (χ2v) is 5.68. The Labute approximate surface area is 101 Å². The summed E-state index contributed by atoms with van der Waals surface area (Å²) in [6.45, 7) is 9.78. The Morgan fingerprint density at radius 3 is 2.31 bits per heavy atom. The maximum absolute atomic E-state index is 3.67. The van der Waals surface area contributed by atoms with E-state index in [2.05, 4.69) is 24.1 Å². The maximum atomic E-state index is 3.67. The number of hydrogen-bond donors (Lipinski definition) is 1. The van der Waals surface area contributed by atoms with Gasteiger partial charge in [0, 0.05) is 32.2 Å². The van der Waals surface area contributed by atoms with Gasteiger partial charge in [-0.1, -0.05) is 20.3 Å². The first-order chi connectivity index (χ1) is 7.83. The van der Waals surface area contributed by atoms with Crippen molar-refractivity contribution in [2.75, 3.05) is 26.2 Å². The van der Waals surface area contributed by atoms with Gasteiger partial charge in [-0.15, -0.1) is 0 Å². The van der Waals surface area contributed by atoms with Crippen LogP contribution < -0.4 is 5.32 Å². The van der Waals surface area contributed by atoms with Gasteiger partial charge in [0.25, 0.3) is 0 Å². The molecule has 0 bridgehead atoms. The molecule has 0 spiro atoms. The van der Waals surface area contributed by atoms with E-state index < -0.39 is 0 Å². The van der Waals surface area contributed by atoms with Crippen LogP contribution in [-0.4, -0.2) is 37.1 Å². The van der Waals surface area contributed by atoms with E-state index in [0.29, 0.717) is 0 Å². The van der Waals surface area contributed by atoms with E-state index in [1.54, 1.807) is 0 Å². The zero-order chi connectivity index (χ0) is 11.4. The van der Waals surface area contributed by atoms with Crippen LogP contribution in [0, 0.1) is 11.8 Å². The molecule has 0 aromatic carbocycles. The van der Waals surface area contributed by atoms with Crippen molar-refractivity contribution in [1.29, 1.82) is 0 Å². The number of nitrogens with zero attached hydrogens (tertiary/aromatic N) is 1. The van der Waals surface area contributed by atoms with Gasteiger partial charge in [-0.3, -0.25) is 0 Å². The lowest BCUT2D eigenvalue weighted by atomic mass is 10.0. The molecule has 0 amide bonds. The lowest BCUT2D eigenvalue weighted by Gasteiger charge is -2.20. The topological polar surface area (TPSA) is 15.3 Å². The summed E-state index contributed by atoms with van der Waals surface area (Å²) in [6.07, 6.45) is 7.03. The summed E-state index contributed by atoms with van der Waals surface area (Å²) in [5.41, 5.74) is 0. The molecule has 2 rings (SSSR count). The van der Waals surface area contributed by atoms with Crippen LogP contribution in [-0.2, 0) is 0 Å². The van der Waals surface area contributed by atoms with Crippen molar-refractivity contribution in [2.24, 2.45) is 11.8 Å². The molecule has 1 saturated heterocycles. The lowest BCUT2D eigenvalue weighted by Crippen LogP contribution is -2.36.